The zero-order chi connectivity index (χ0) is 26.5. The van der Waals surface area contributed by atoms with Gasteiger partial charge < -0.3 is 15.5 Å². The van der Waals surface area contributed by atoms with Crippen LogP contribution in [0.2, 0.25) is 0 Å². The summed E-state index contributed by atoms with van der Waals surface area (Å²) in [5.41, 5.74) is 7.86. The fraction of sp³-hybridized carbons (Fsp3) is 0.188. The molecule has 6 nitrogen and oxygen atoms in total. The average Bonchev–Trinajstić information content (AvgIpc) is 3.34. The van der Waals surface area contributed by atoms with E-state index in [0.29, 0.717) is 6.54 Å². The van der Waals surface area contributed by atoms with Crippen LogP contribution in [0.3, 0.4) is 0 Å². The number of unbranched alkanes of at least 4 members (excludes halogenated alkanes) is 1. The molecule has 4 aromatic carbocycles. The number of aryl methyl sites for hydroxylation is 2. The molecule has 6 heteroatoms. The molecule has 0 aliphatic rings. The van der Waals surface area contributed by atoms with Crippen LogP contribution in [0.5, 0.6) is 11.5 Å². The van der Waals surface area contributed by atoms with Crippen LogP contribution < -0.4 is 5.32 Å². The van der Waals surface area contributed by atoms with Crippen LogP contribution >= 0.6 is 0 Å². The van der Waals surface area contributed by atoms with Crippen molar-refractivity contribution in [3.8, 4) is 33.8 Å². The number of rotatable bonds is 9. The Morgan fingerprint density at radius 1 is 0.868 bits per heavy atom. The maximum atomic E-state index is 12.3. The van der Waals surface area contributed by atoms with E-state index in [1.807, 2.05) is 12.1 Å². The first-order valence-electron chi connectivity index (χ1n) is 13.0. The molecule has 192 valence electrons. The van der Waals surface area contributed by atoms with Gasteiger partial charge in [-0.15, -0.1) is 0 Å². The van der Waals surface area contributed by atoms with Crippen LogP contribution in [-0.4, -0.2) is 32.9 Å². The summed E-state index contributed by atoms with van der Waals surface area (Å²) < 4.78 is 0. The molecule has 5 rings (SSSR count). The van der Waals surface area contributed by atoms with Crippen LogP contribution in [0.1, 0.15) is 41.4 Å². The average molecular weight is 506 g/mol. The number of aromatic amines is 1. The number of nitrogens with one attached hydrogen (secondary N) is 2. The Kier molecular flexibility index (Phi) is 7.40. The van der Waals surface area contributed by atoms with Gasteiger partial charge in [0.15, 0.2) is 0 Å². The SMILES string of the molecule is CCc1ccc(-c2cc3c(CCCCNC(=O)c4ccccc4O)[nH]nc3cc2-c2ccc(O)cc2)cc1. The number of amides is 1. The van der Waals surface area contributed by atoms with E-state index in [1.165, 1.54) is 11.6 Å². The first-order chi connectivity index (χ1) is 18.5. The number of aromatic nitrogens is 2. The van der Waals surface area contributed by atoms with Crippen LogP contribution in [-0.2, 0) is 12.8 Å². The normalized spacial score (nSPS) is 11.1. The highest BCUT2D eigenvalue weighted by molar-refractivity contribution is 5.97. The third kappa shape index (κ3) is 5.39. The van der Waals surface area contributed by atoms with E-state index >= 15 is 0 Å². The summed E-state index contributed by atoms with van der Waals surface area (Å²) in [5, 5.41) is 31.4. The zero-order valence-corrected chi connectivity index (χ0v) is 21.4. The summed E-state index contributed by atoms with van der Waals surface area (Å²) >= 11 is 0. The van der Waals surface area contributed by atoms with E-state index in [9.17, 15) is 15.0 Å². The Morgan fingerprint density at radius 2 is 1.55 bits per heavy atom. The Hall–Kier alpha value is -4.58. The number of nitrogens with zero attached hydrogens (tertiary/aromatic N) is 1. The minimum atomic E-state index is -0.268. The fourth-order valence-corrected chi connectivity index (χ4v) is 4.73. The zero-order valence-electron chi connectivity index (χ0n) is 21.4. The van der Waals surface area contributed by atoms with Gasteiger partial charge in [0.25, 0.3) is 5.91 Å². The van der Waals surface area contributed by atoms with Gasteiger partial charge in [-0.2, -0.15) is 5.10 Å². The number of phenols is 2. The summed E-state index contributed by atoms with van der Waals surface area (Å²) in [6, 6.07) is 26.8. The molecule has 0 unspecified atom stereocenters. The van der Waals surface area contributed by atoms with Crippen molar-refractivity contribution in [3.63, 3.8) is 0 Å². The lowest BCUT2D eigenvalue weighted by molar-refractivity contribution is 0.0950. The van der Waals surface area contributed by atoms with Gasteiger partial charge in [0.2, 0.25) is 0 Å². The number of para-hydroxylation sites is 1. The molecule has 1 amide bonds. The molecule has 0 saturated heterocycles. The lowest BCUT2D eigenvalue weighted by Gasteiger charge is -2.12. The molecule has 1 aromatic heterocycles. The molecule has 4 N–H and O–H groups in total. The lowest BCUT2D eigenvalue weighted by atomic mass is 9.91. The third-order valence-electron chi connectivity index (χ3n) is 6.91. The first kappa shape index (κ1) is 25.1. The van der Waals surface area contributed by atoms with Crippen molar-refractivity contribution in [2.75, 3.05) is 6.54 Å². The second-order valence-electron chi connectivity index (χ2n) is 9.44. The van der Waals surface area contributed by atoms with Crippen LogP contribution in [0.4, 0.5) is 0 Å². The van der Waals surface area contributed by atoms with Gasteiger partial charge in [0.05, 0.1) is 11.1 Å². The summed E-state index contributed by atoms with van der Waals surface area (Å²) in [5.74, 6) is -0.0428. The Balaban J connectivity index is 1.35. The Labute approximate surface area is 222 Å². The molecular formula is C32H31N3O3. The van der Waals surface area contributed by atoms with E-state index in [-0.39, 0.29) is 23.0 Å². The van der Waals surface area contributed by atoms with Crippen molar-refractivity contribution in [2.45, 2.75) is 32.6 Å². The van der Waals surface area contributed by atoms with E-state index < -0.39 is 0 Å². The van der Waals surface area contributed by atoms with Gasteiger partial charge >= 0.3 is 0 Å². The largest absolute Gasteiger partial charge is 0.508 e. The molecule has 0 aliphatic heterocycles. The van der Waals surface area contributed by atoms with Gasteiger partial charge in [-0.3, -0.25) is 9.89 Å². The van der Waals surface area contributed by atoms with Gasteiger partial charge in [0, 0.05) is 17.6 Å². The molecule has 0 aliphatic carbocycles. The minimum Gasteiger partial charge on any atom is -0.508 e. The predicted molar refractivity (Wildman–Crippen MR) is 151 cm³/mol. The monoisotopic (exact) mass is 505 g/mol. The third-order valence-corrected chi connectivity index (χ3v) is 6.91. The number of H-pyrrole nitrogens is 1. The van der Waals surface area contributed by atoms with Crippen molar-refractivity contribution in [3.05, 3.63) is 102 Å². The molecule has 0 saturated carbocycles. The maximum absolute atomic E-state index is 12.3. The lowest BCUT2D eigenvalue weighted by Crippen LogP contribution is -2.24. The van der Waals surface area contributed by atoms with E-state index in [2.05, 4.69) is 58.8 Å². The molecular weight excluding hydrogens is 474 g/mol. The van der Waals surface area contributed by atoms with Gasteiger partial charge in [0.1, 0.15) is 11.5 Å². The number of hydrogen-bond donors (Lipinski definition) is 4. The Bertz CT molecular complexity index is 1550. The van der Waals surface area contributed by atoms with Gasteiger partial charge in [-0.25, -0.2) is 0 Å². The summed E-state index contributed by atoms with van der Waals surface area (Å²) in [6.07, 6.45) is 3.47. The van der Waals surface area contributed by atoms with Crippen molar-refractivity contribution < 1.29 is 15.0 Å². The molecule has 0 atom stereocenters. The van der Waals surface area contributed by atoms with Crippen molar-refractivity contribution in [1.29, 1.82) is 0 Å². The predicted octanol–water partition coefficient (Wildman–Crippen LogP) is 6.62. The fourth-order valence-electron chi connectivity index (χ4n) is 4.73. The number of phenolic OH excluding ortho intramolecular Hbond substituents is 2. The molecule has 5 aromatic rings. The number of fused-ring (bicyclic) bond motifs is 1. The second kappa shape index (κ2) is 11.2. The smallest absolute Gasteiger partial charge is 0.255 e. The highest BCUT2D eigenvalue weighted by Gasteiger charge is 2.15. The first-order valence-corrected chi connectivity index (χ1v) is 13.0. The van der Waals surface area contributed by atoms with Gasteiger partial charge in [-0.05, 0) is 89.9 Å². The molecule has 0 radical (unpaired) electrons. The van der Waals surface area contributed by atoms with Crippen molar-refractivity contribution in [1.82, 2.24) is 15.5 Å². The van der Waals surface area contributed by atoms with Gasteiger partial charge in [-0.1, -0.05) is 55.5 Å². The van der Waals surface area contributed by atoms with Crippen LogP contribution in [0, 0.1) is 0 Å². The van der Waals surface area contributed by atoms with Crippen molar-refractivity contribution >= 4 is 16.8 Å². The van der Waals surface area contributed by atoms with E-state index in [0.717, 1.165) is 64.5 Å². The number of benzene rings is 4. The molecule has 0 bridgehead atoms. The van der Waals surface area contributed by atoms with E-state index in [1.54, 1.807) is 30.3 Å². The minimum absolute atomic E-state index is 0.0132. The molecule has 0 spiro atoms. The molecule has 38 heavy (non-hydrogen) atoms. The Morgan fingerprint density at radius 3 is 2.26 bits per heavy atom. The highest BCUT2D eigenvalue weighted by Crippen LogP contribution is 2.37. The van der Waals surface area contributed by atoms with E-state index in [4.69, 9.17) is 0 Å². The molecule has 1 heterocycles. The topological polar surface area (TPSA) is 98.2 Å². The number of carbonyl (C=O) groups excluding carboxylic acids is 1. The quantitative estimate of drug-likeness (QED) is 0.169. The standard InChI is InChI=1S/C32H31N3O3/c1-2-21-10-12-22(13-11-21)26-19-28-29(8-5-6-18-33-32(38)25-7-3-4-9-31(25)37)34-35-30(28)20-27(26)23-14-16-24(36)17-15-23/h3-4,7,9-17,19-20,36-37H,2,5-6,8,18H2,1H3,(H,33,38)(H,34,35). The van der Waals surface area contributed by atoms with Crippen molar-refractivity contribution in [2.24, 2.45) is 0 Å². The number of carbonyl (C=O) groups is 1. The molecule has 0 fully saturated rings. The van der Waals surface area contributed by atoms with Crippen LogP contribution in [0.15, 0.2) is 84.9 Å². The summed E-state index contributed by atoms with van der Waals surface area (Å²) in [7, 11) is 0. The number of aromatic hydroxyl groups is 2. The summed E-state index contributed by atoms with van der Waals surface area (Å²) in [4.78, 5) is 12.3. The second-order valence-corrected chi connectivity index (χ2v) is 9.44. The summed E-state index contributed by atoms with van der Waals surface area (Å²) in [6.45, 7) is 2.68. The number of hydrogen-bond acceptors (Lipinski definition) is 4. The highest BCUT2D eigenvalue weighted by atomic mass is 16.3. The van der Waals surface area contributed by atoms with Crippen LogP contribution in [0.25, 0.3) is 33.2 Å². The maximum Gasteiger partial charge on any atom is 0.255 e.